The molecule has 0 saturated heterocycles. The molecule has 1 rings (SSSR count). The summed E-state index contributed by atoms with van der Waals surface area (Å²) in [6.07, 6.45) is 1.41. The second-order valence-electron chi connectivity index (χ2n) is 3.71. The quantitative estimate of drug-likeness (QED) is 0.846. The van der Waals surface area contributed by atoms with Crippen molar-refractivity contribution in [1.29, 1.82) is 0 Å². The second kappa shape index (κ2) is 6.83. The summed E-state index contributed by atoms with van der Waals surface area (Å²) in [6, 6.07) is 3.64. The van der Waals surface area contributed by atoms with Gasteiger partial charge in [0.05, 0.1) is 14.2 Å². The smallest absolute Gasteiger partial charge is 0.137 e. The lowest BCUT2D eigenvalue weighted by Gasteiger charge is -2.16. The molecule has 0 saturated carbocycles. The van der Waals surface area contributed by atoms with E-state index in [0.717, 1.165) is 16.5 Å². The first-order valence-electron chi connectivity index (χ1n) is 5.41. The van der Waals surface area contributed by atoms with Gasteiger partial charge in [0.15, 0.2) is 0 Å². The van der Waals surface area contributed by atoms with Crippen molar-refractivity contribution in [2.75, 3.05) is 20.8 Å². The largest absolute Gasteiger partial charge is 0.495 e. The fraction of sp³-hybridized carbons (Fsp3) is 0.500. The average molecular weight is 304 g/mol. The zero-order valence-electron chi connectivity index (χ0n) is 10.1. The second-order valence-corrected chi connectivity index (χ2v) is 4.50. The SMILES string of the molecule is COc1cc([C@@H](N)CCCO)cc(OC)c1Br. The highest BCUT2D eigenvalue weighted by Crippen LogP contribution is 2.37. The normalized spacial score (nSPS) is 12.3. The van der Waals surface area contributed by atoms with Crippen LogP contribution in [0.2, 0.25) is 0 Å². The minimum absolute atomic E-state index is 0.127. The summed E-state index contributed by atoms with van der Waals surface area (Å²) in [5.41, 5.74) is 6.98. The highest BCUT2D eigenvalue weighted by atomic mass is 79.9. The Labute approximate surface area is 110 Å². The van der Waals surface area contributed by atoms with Crippen LogP contribution in [0.1, 0.15) is 24.4 Å². The number of hydrogen-bond donors (Lipinski definition) is 2. The van der Waals surface area contributed by atoms with Gasteiger partial charge in [-0.05, 0) is 46.5 Å². The molecule has 17 heavy (non-hydrogen) atoms. The van der Waals surface area contributed by atoms with Crippen LogP contribution in [0.5, 0.6) is 11.5 Å². The molecule has 0 aliphatic carbocycles. The van der Waals surface area contributed by atoms with Gasteiger partial charge in [-0.25, -0.2) is 0 Å². The van der Waals surface area contributed by atoms with E-state index in [1.165, 1.54) is 0 Å². The van der Waals surface area contributed by atoms with Gasteiger partial charge in [0.2, 0.25) is 0 Å². The molecule has 96 valence electrons. The van der Waals surface area contributed by atoms with Gasteiger partial charge in [-0.3, -0.25) is 0 Å². The van der Waals surface area contributed by atoms with Gasteiger partial charge < -0.3 is 20.3 Å². The third-order valence-corrected chi connectivity index (χ3v) is 3.35. The molecule has 0 bridgehead atoms. The van der Waals surface area contributed by atoms with Crippen LogP contribution in [0.15, 0.2) is 16.6 Å². The molecule has 0 aliphatic rings. The Kier molecular flexibility index (Phi) is 5.74. The third-order valence-electron chi connectivity index (χ3n) is 2.57. The maximum Gasteiger partial charge on any atom is 0.137 e. The molecule has 1 aromatic carbocycles. The van der Waals surface area contributed by atoms with Crippen molar-refractivity contribution in [3.8, 4) is 11.5 Å². The summed E-state index contributed by atoms with van der Waals surface area (Å²) in [7, 11) is 3.20. The fourth-order valence-corrected chi connectivity index (χ4v) is 2.13. The van der Waals surface area contributed by atoms with Gasteiger partial charge in [-0.15, -0.1) is 0 Å². The molecular weight excluding hydrogens is 286 g/mol. The summed E-state index contributed by atoms with van der Waals surface area (Å²) < 4.78 is 11.3. The minimum Gasteiger partial charge on any atom is -0.495 e. The van der Waals surface area contributed by atoms with E-state index in [1.54, 1.807) is 14.2 Å². The number of benzene rings is 1. The predicted octanol–water partition coefficient (Wildman–Crippen LogP) is 2.24. The van der Waals surface area contributed by atoms with Gasteiger partial charge in [0.25, 0.3) is 0 Å². The Morgan fingerprint density at radius 1 is 1.29 bits per heavy atom. The third kappa shape index (κ3) is 3.59. The molecular formula is C12H18BrNO3. The highest BCUT2D eigenvalue weighted by Gasteiger charge is 2.13. The Hall–Kier alpha value is -0.780. The van der Waals surface area contributed by atoms with Gasteiger partial charge in [0.1, 0.15) is 16.0 Å². The Bertz CT molecular complexity index is 346. The Morgan fingerprint density at radius 2 is 1.82 bits per heavy atom. The summed E-state index contributed by atoms with van der Waals surface area (Å²) in [6.45, 7) is 0.151. The summed E-state index contributed by atoms with van der Waals surface area (Å²) in [5.74, 6) is 1.39. The van der Waals surface area contributed by atoms with Crippen LogP contribution < -0.4 is 15.2 Å². The summed E-state index contributed by atoms with van der Waals surface area (Å²) >= 11 is 3.41. The van der Waals surface area contributed by atoms with E-state index in [9.17, 15) is 0 Å². The fourth-order valence-electron chi connectivity index (χ4n) is 1.58. The molecule has 0 unspecified atom stereocenters. The van der Waals surface area contributed by atoms with Crippen LogP contribution in [0, 0.1) is 0 Å². The summed E-state index contributed by atoms with van der Waals surface area (Å²) in [4.78, 5) is 0. The number of methoxy groups -OCH3 is 2. The van der Waals surface area contributed by atoms with Gasteiger partial charge in [-0.1, -0.05) is 0 Å². The van der Waals surface area contributed by atoms with Crippen LogP contribution >= 0.6 is 15.9 Å². The minimum atomic E-state index is -0.127. The molecule has 5 heteroatoms. The average Bonchev–Trinajstić information content (AvgIpc) is 2.36. The Morgan fingerprint density at radius 3 is 2.24 bits per heavy atom. The molecule has 1 atom stereocenters. The number of aliphatic hydroxyl groups excluding tert-OH is 1. The molecule has 0 heterocycles. The molecule has 4 nitrogen and oxygen atoms in total. The lowest BCUT2D eigenvalue weighted by molar-refractivity contribution is 0.280. The van der Waals surface area contributed by atoms with Crippen LogP contribution in [-0.2, 0) is 0 Å². The Balaban J connectivity index is 2.99. The first-order chi connectivity index (χ1) is 8.13. The number of nitrogens with two attached hydrogens (primary N) is 1. The lowest BCUT2D eigenvalue weighted by atomic mass is 10.0. The van der Waals surface area contributed by atoms with E-state index in [2.05, 4.69) is 15.9 Å². The van der Waals surface area contributed by atoms with Crippen LogP contribution in [0.25, 0.3) is 0 Å². The number of ether oxygens (including phenoxy) is 2. The van der Waals surface area contributed by atoms with Gasteiger partial charge in [0, 0.05) is 12.6 Å². The van der Waals surface area contributed by atoms with Crippen molar-refractivity contribution in [3.05, 3.63) is 22.2 Å². The number of halogens is 1. The summed E-state index contributed by atoms with van der Waals surface area (Å²) in [5, 5.41) is 8.80. The van der Waals surface area contributed by atoms with E-state index in [4.69, 9.17) is 20.3 Å². The van der Waals surface area contributed by atoms with E-state index in [1.807, 2.05) is 12.1 Å². The molecule has 0 aliphatic heterocycles. The van der Waals surface area contributed by atoms with Crippen LogP contribution in [0.4, 0.5) is 0 Å². The van der Waals surface area contributed by atoms with Crippen molar-refractivity contribution in [2.45, 2.75) is 18.9 Å². The molecule has 1 aromatic rings. The standard InChI is InChI=1S/C12H18BrNO3/c1-16-10-6-8(9(14)4-3-5-15)7-11(17-2)12(10)13/h6-7,9,15H,3-5,14H2,1-2H3/t9-/m0/s1. The molecule has 3 N–H and O–H groups in total. The van der Waals surface area contributed by atoms with Gasteiger partial charge in [-0.2, -0.15) is 0 Å². The maximum absolute atomic E-state index is 8.80. The topological polar surface area (TPSA) is 64.7 Å². The molecule has 0 spiro atoms. The van der Waals surface area contributed by atoms with Crippen molar-refractivity contribution < 1.29 is 14.6 Å². The number of rotatable bonds is 6. The molecule has 0 radical (unpaired) electrons. The lowest BCUT2D eigenvalue weighted by Crippen LogP contribution is -2.11. The molecule has 0 amide bonds. The van der Waals surface area contributed by atoms with Crippen molar-refractivity contribution >= 4 is 15.9 Å². The monoisotopic (exact) mass is 303 g/mol. The first-order valence-corrected chi connectivity index (χ1v) is 6.21. The highest BCUT2D eigenvalue weighted by molar-refractivity contribution is 9.10. The molecule has 0 aromatic heterocycles. The van der Waals surface area contributed by atoms with Crippen molar-refractivity contribution in [3.63, 3.8) is 0 Å². The van der Waals surface area contributed by atoms with E-state index in [0.29, 0.717) is 17.9 Å². The van der Waals surface area contributed by atoms with Gasteiger partial charge >= 0.3 is 0 Å². The van der Waals surface area contributed by atoms with Crippen LogP contribution in [-0.4, -0.2) is 25.9 Å². The first kappa shape index (κ1) is 14.3. The zero-order valence-corrected chi connectivity index (χ0v) is 11.7. The molecule has 0 fully saturated rings. The van der Waals surface area contributed by atoms with Crippen molar-refractivity contribution in [2.24, 2.45) is 5.73 Å². The van der Waals surface area contributed by atoms with Crippen LogP contribution in [0.3, 0.4) is 0 Å². The van der Waals surface area contributed by atoms with Crippen molar-refractivity contribution in [1.82, 2.24) is 0 Å². The van der Waals surface area contributed by atoms with E-state index in [-0.39, 0.29) is 12.6 Å². The van der Waals surface area contributed by atoms with E-state index >= 15 is 0 Å². The zero-order chi connectivity index (χ0) is 12.8. The number of aliphatic hydroxyl groups is 1. The maximum atomic E-state index is 8.80. The van der Waals surface area contributed by atoms with E-state index < -0.39 is 0 Å². The predicted molar refractivity (Wildman–Crippen MR) is 70.5 cm³/mol. The number of hydrogen-bond acceptors (Lipinski definition) is 4.